The molecule has 1 aromatic carbocycles. The highest BCUT2D eigenvalue weighted by molar-refractivity contribution is 7.91. The Morgan fingerprint density at radius 3 is 2.12 bits per heavy atom. The van der Waals surface area contributed by atoms with Gasteiger partial charge in [-0.05, 0) is 24.3 Å². The third kappa shape index (κ3) is 3.46. The first-order valence-electron chi connectivity index (χ1n) is 7.94. The van der Waals surface area contributed by atoms with Gasteiger partial charge in [0.2, 0.25) is 0 Å². The van der Waals surface area contributed by atoms with Gasteiger partial charge in [0.25, 0.3) is 5.91 Å². The van der Waals surface area contributed by atoms with E-state index in [1.54, 1.807) is 48.2 Å². The molecule has 25 heavy (non-hydrogen) atoms. The molecule has 1 aromatic rings. The summed E-state index contributed by atoms with van der Waals surface area (Å²) in [6, 6.07) is 5.25. The SMILES string of the molecule is CN(C)C(=O)N1CCN(C(=O)c2ccc(Cl)cc2)[C@@H]2CS(=O)(=O)C[C@@H]21. The number of hydrogen-bond acceptors (Lipinski definition) is 4. The van der Waals surface area contributed by atoms with Crippen molar-refractivity contribution >= 4 is 33.4 Å². The number of halogens is 1. The Bertz CT molecular complexity index is 794. The van der Waals surface area contributed by atoms with Gasteiger partial charge in [0.15, 0.2) is 9.84 Å². The predicted molar refractivity (Wildman–Crippen MR) is 94.5 cm³/mol. The van der Waals surface area contributed by atoms with Gasteiger partial charge in [-0.2, -0.15) is 0 Å². The lowest BCUT2D eigenvalue weighted by atomic mass is 10.0. The Morgan fingerprint density at radius 2 is 1.56 bits per heavy atom. The second kappa shape index (κ2) is 6.49. The molecule has 2 heterocycles. The van der Waals surface area contributed by atoms with Crippen molar-refractivity contribution in [1.29, 1.82) is 0 Å². The van der Waals surface area contributed by atoms with Crippen molar-refractivity contribution in [1.82, 2.24) is 14.7 Å². The van der Waals surface area contributed by atoms with Crippen LogP contribution in [-0.2, 0) is 9.84 Å². The van der Waals surface area contributed by atoms with Gasteiger partial charge in [-0.1, -0.05) is 11.6 Å². The molecule has 0 aliphatic carbocycles. The fourth-order valence-corrected chi connectivity index (χ4v) is 5.56. The van der Waals surface area contributed by atoms with Gasteiger partial charge in [-0.3, -0.25) is 4.79 Å². The molecule has 0 N–H and O–H groups in total. The highest BCUT2D eigenvalue weighted by Crippen LogP contribution is 2.29. The molecule has 0 radical (unpaired) electrons. The second-order valence-corrected chi connectivity index (χ2v) is 9.18. The quantitative estimate of drug-likeness (QED) is 0.721. The summed E-state index contributed by atoms with van der Waals surface area (Å²) in [5.74, 6) is -0.462. The average Bonchev–Trinajstić information content (AvgIpc) is 2.88. The van der Waals surface area contributed by atoms with Crippen molar-refractivity contribution in [2.75, 3.05) is 38.7 Å². The highest BCUT2D eigenvalue weighted by atomic mass is 35.5. The summed E-state index contributed by atoms with van der Waals surface area (Å²) in [5.41, 5.74) is 0.458. The normalized spacial score (nSPS) is 24.8. The standard InChI is InChI=1S/C16H20ClN3O4S/c1-18(2)16(22)20-8-7-19(13-9-25(23,24)10-14(13)20)15(21)11-3-5-12(17)6-4-11/h3-6,13-14H,7-10H2,1-2H3/t13-,14+/m1/s1. The van der Waals surface area contributed by atoms with E-state index in [9.17, 15) is 18.0 Å². The number of hydrogen-bond donors (Lipinski definition) is 0. The summed E-state index contributed by atoms with van der Waals surface area (Å²) >= 11 is 5.86. The number of benzene rings is 1. The Hall–Kier alpha value is -1.80. The third-order valence-corrected chi connectivity index (χ3v) is 6.61. The number of carbonyl (C=O) groups excluding carboxylic acids is 2. The molecular formula is C16H20ClN3O4S. The molecule has 0 saturated carbocycles. The zero-order chi connectivity index (χ0) is 18.4. The first-order chi connectivity index (χ1) is 11.7. The molecule has 2 saturated heterocycles. The highest BCUT2D eigenvalue weighted by Gasteiger charge is 2.49. The summed E-state index contributed by atoms with van der Waals surface area (Å²) < 4.78 is 24.4. The Kier molecular flexibility index (Phi) is 4.68. The summed E-state index contributed by atoms with van der Waals surface area (Å²) in [4.78, 5) is 29.8. The van der Waals surface area contributed by atoms with E-state index in [-0.39, 0.29) is 23.4 Å². The van der Waals surface area contributed by atoms with Crippen molar-refractivity contribution < 1.29 is 18.0 Å². The first kappa shape index (κ1) is 18.0. The fraction of sp³-hybridized carbons (Fsp3) is 0.500. The molecule has 2 aliphatic rings. The van der Waals surface area contributed by atoms with E-state index in [0.717, 1.165) is 0 Å². The van der Waals surface area contributed by atoms with E-state index in [4.69, 9.17) is 11.6 Å². The summed E-state index contributed by atoms with van der Waals surface area (Å²) in [6.07, 6.45) is 0. The van der Waals surface area contributed by atoms with Crippen molar-refractivity contribution in [3.8, 4) is 0 Å². The molecule has 2 fully saturated rings. The molecule has 3 rings (SSSR count). The fourth-order valence-electron chi connectivity index (χ4n) is 3.46. The topological polar surface area (TPSA) is 78.0 Å². The lowest BCUT2D eigenvalue weighted by Gasteiger charge is -2.44. The van der Waals surface area contributed by atoms with Crippen LogP contribution in [-0.4, -0.2) is 85.8 Å². The van der Waals surface area contributed by atoms with Crippen LogP contribution >= 0.6 is 11.6 Å². The second-order valence-electron chi connectivity index (χ2n) is 6.59. The van der Waals surface area contributed by atoms with E-state index in [1.165, 1.54) is 4.90 Å². The third-order valence-electron chi connectivity index (χ3n) is 4.66. The van der Waals surface area contributed by atoms with Gasteiger partial charge < -0.3 is 14.7 Å². The molecule has 136 valence electrons. The zero-order valence-corrected chi connectivity index (χ0v) is 15.6. The minimum atomic E-state index is -3.30. The van der Waals surface area contributed by atoms with Crippen molar-refractivity contribution in [3.05, 3.63) is 34.9 Å². The largest absolute Gasteiger partial charge is 0.331 e. The Balaban J connectivity index is 1.89. The van der Waals surface area contributed by atoms with Gasteiger partial charge in [0.05, 0.1) is 23.6 Å². The lowest BCUT2D eigenvalue weighted by molar-refractivity contribution is 0.0393. The van der Waals surface area contributed by atoms with Crippen LogP contribution in [0.15, 0.2) is 24.3 Å². The van der Waals surface area contributed by atoms with E-state index in [2.05, 4.69) is 0 Å². The average molecular weight is 386 g/mol. The predicted octanol–water partition coefficient (Wildman–Crippen LogP) is 0.945. The molecule has 2 aliphatic heterocycles. The van der Waals surface area contributed by atoms with Crippen LogP contribution < -0.4 is 0 Å². The van der Waals surface area contributed by atoms with Crippen LogP contribution in [0, 0.1) is 0 Å². The molecule has 7 nitrogen and oxygen atoms in total. The van der Waals surface area contributed by atoms with E-state index in [0.29, 0.717) is 23.7 Å². The van der Waals surface area contributed by atoms with Gasteiger partial charge in [-0.25, -0.2) is 13.2 Å². The number of piperazine rings is 1. The zero-order valence-electron chi connectivity index (χ0n) is 14.1. The van der Waals surface area contributed by atoms with Crippen LogP contribution in [0.1, 0.15) is 10.4 Å². The summed E-state index contributed by atoms with van der Waals surface area (Å²) in [7, 11) is -0.0418. The lowest BCUT2D eigenvalue weighted by Crippen LogP contribution is -2.63. The van der Waals surface area contributed by atoms with Gasteiger partial charge in [-0.15, -0.1) is 0 Å². The van der Waals surface area contributed by atoms with Crippen molar-refractivity contribution in [3.63, 3.8) is 0 Å². The first-order valence-corrected chi connectivity index (χ1v) is 10.1. The van der Waals surface area contributed by atoms with Crippen LogP contribution in [0.25, 0.3) is 0 Å². The molecule has 0 aromatic heterocycles. The minimum Gasteiger partial charge on any atom is -0.331 e. The number of fused-ring (bicyclic) bond motifs is 1. The van der Waals surface area contributed by atoms with E-state index in [1.807, 2.05) is 0 Å². The maximum atomic E-state index is 12.8. The molecule has 0 unspecified atom stereocenters. The number of carbonyl (C=O) groups is 2. The number of urea groups is 1. The van der Waals surface area contributed by atoms with Crippen molar-refractivity contribution in [2.24, 2.45) is 0 Å². The number of nitrogens with zero attached hydrogens (tertiary/aromatic N) is 3. The molecule has 9 heteroatoms. The van der Waals surface area contributed by atoms with E-state index < -0.39 is 21.9 Å². The number of amides is 3. The minimum absolute atomic E-state index is 0.109. The number of sulfone groups is 1. The van der Waals surface area contributed by atoms with Crippen LogP contribution in [0.4, 0.5) is 4.79 Å². The molecule has 0 spiro atoms. The van der Waals surface area contributed by atoms with Gasteiger partial charge in [0, 0.05) is 37.8 Å². The molecule has 3 amide bonds. The Morgan fingerprint density at radius 1 is 1.04 bits per heavy atom. The smallest absolute Gasteiger partial charge is 0.319 e. The molecule has 2 atom stereocenters. The van der Waals surface area contributed by atoms with Crippen molar-refractivity contribution in [2.45, 2.75) is 12.1 Å². The molecule has 0 bridgehead atoms. The Labute approximate surface area is 152 Å². The number of rotatable bonds is 1. The summed E-state index contributed by atoms with van der Waals surface area (Å²) in [5, 5.41) is 0.527. The van der Waals surface area contributed by atoms with Crippen LogP contribution in [0.5, 0.6) is 0 Å². The van der Waals surface area contributed by atoms with E-state index >= 15 is 0 Å². The van der Waals surface area contributed by atoms with Crippen LogP contribution in [0.3, 0.4) is 0 Å². The maximum Gasteiger partial charge on any atom is 0.319 e. The maximum absolute atomic E-state index is 12.8. The summed E-state index contributed by atoms with van der Waals surface area (Å²) in [6.45, 7) is 0.616. The van der Waals surface area contributed by atoms with Gasteiger partial charge in [0.1, 0.15) is 0 Å². The monoisotopic (exact) mass is 385 g/mol. The molecular weight excluding hydrogens is 366 g/mol. The van der Waals surface area contributed by atoms with Crippen LogP contribution in [0.2, 0.25) is 5.02 Å². The van der Waals surface area contributed by atoms with Gasteiger partial charge >= 0.3 is 6.03 Å².